The normalized spacial score (nSPS) is 14.7. The van der Waals surface area contributed by atoms with Gasteiger partial charge in [0, 0.05) is 23.7 Å². The van der Waals surface area contributed by atoms with Crippen LogP contribution in [0.1, 0.15) is 100 Å². The van der Waals surface area contributed by atoms with Crippen molar-refractivity contribution in [3.8, 4) is 17.2 Å². The topological polar surface area (TPSA) is 90.1 Å². The number of aromatic nitrogens is 8. The fourth-order valence-corrected chi connectivity index (χ4v) is 5.11. The molecule has 3 aromatic heterocycles. The molecule has 0 unspecified atom stereocenters. The molecule has 5 rings (SSSR count). The van der Waals surface area contributed by atoms with Crippen LogP contribution in [-0.2, 0) is 13.0 Å². The van der Waals surface area contributed by atoms with Gasteiger partial charge in [-0.1, -0.05) is 58.6 Å². The highest BCUT2D eigenvalue weighted by atomic mass is 15.5. The highest BCUT2D eigenvalue weighted by Gasteiger charge is 2.23. The smallest absolute Gasteiger partial charge is 0.221 e. The van der Waals surface area contributed by atoms with E-state index in [0.29, 0.717) is 17.7 Å². The molecule has 1 fully saturated rings. The second kappa shape index (κ2) is 10.5. The number of rotatable bonds is 9. The third-order valence-corrected chi connectivity index (χ3v) is 7.07. The van der Waals surface area contributed by atoms with Crippen molar-refractivity contribution in [1.29, 1.82) is 0 Å². The molecule has 4 aromatic rings. The van der Waals surface area contributed by atoms with Gasteiger partial charge in [0.15, 0.2) is 5.82 Å². The summed E-state index contributed by atoms with van der Waals surface area (Å²) in [4.78, 5) is 4.83. The van der Waals surface area contributed by atoms with E-state index in [1.54, 1.807) is 0 Å². The van der Waals surface area contributed by atoms with Crippen LogP contribution in [0.25, 0.3) is 17.2 Å². The Morgan fingerprint density at radius 1 is 1.03 bits per heavy atom. The lowest BCUT2D eigenvalue weighted by atomic mass is 9.87. The lowest BCUT2D eigenvalue weighted by Crippen LogP contribution is -2.11. The second-order valence-electron chi connectivity index (χ2n) is 10.0. The summed E-state index contributed by atoms with van der Waals surface area (Å²) in [6, 6.07) is 13.2. The molecule has 0 saturated heterocycles. The molecule has 184 valence electrons. The van der Waals surface area contributed by atoms with Crippen LogP contribution >= 0.6 is 0 Å². The maximum Gasteiger partial charge on any atom is 0.221 e. The maximum atomic E-state index is 4.83. The summed E-state index contributed by atoms with van der Waals surface area (Å²) in [5, 5.41) is 19.8. The van der Waals surface area contributed by atoms with Crippen LogP contribution in [0, 0.1) is 0 Å². The number of benzene rings is 1. The molecule has 35 heavy (non-hydrogen) atoms. The van der Waals surface area contributed by atoms with Crippen molar-refractivity contribution in [2.24, 2.45) is 0 Å². The lowest BCUT2D eigenvalue weighted by molar-refractivity contribution is 0.433. The van der Waals surface area contributed by atoms with Crippen LogP contribution in [0.3, 0.4) is 0 Å². The molecule has 0 atom stereocenters. The van der Waals surface area contributed by atoms with E-state index >= 15 is 0 Å². The first-order chi connectivity index (χ1) is 17.1. The lowest BCUT2D eigenvalue weighted by Gasteiger charge is -2.24. The van der Waals surface area contributed by atoms with Gasteiger partial charge in [0.2, 0.25) is 5.82 Å². The van der Waals surface area contributed by atoms with Crippen molar-refractivity contribution in [3.05, 3.63) is 59.3 Å². The zero-order valence-electron chi connectivity index (χ0n) is 21.1. The number of unbranched alkanes of at least 4 members (excludes halogenated alkanes) is 1. The Morgan fingerprint density at radius 3 is 2.51 bits per heavy atom. The molecular weight excluding hydrogens is 436 g/mol. The van der Waals surface area contributed by atoms with E-state index in [1.807, 2.05) is 0 Å². The van der Waals surface area contributed by atoms with Crippen LogP contribution in [0.4, 0.5) is 0 Å². The van der Waals surface area contributed by atoms with Gasteiger partial charge in [-0.2, -0.15) is 10.3 Å². The van der Waals surface area contributed by atoms with Gasteiger partial charge in [0.1, 0.15) is 5.82 Å². The molecule has 8 heteroatoms. The van der Waals surface area contributed by atoms with E-state index < -0.39 is 0 Å². The Balaban J connectivity index is 1.45. The molecule has 8 nitrogen and oxygen atoms in total. The first kappa shape index (κ1) is 23.5. The largest absolute Gasteiger partial charge is 0.310 e. The van der Waals surface area contributed by atoms with Gasteiger partial charge in [-0.15, -0.1) is 10.2 Å². The summed E-state index contributed by atoms with van der Waals surface area (Å²) in [6.07, 6.45) is 9.65. The molecule has 1 N–H and O–H groups in total. The first-order valence-electron chi connectivity index (χ1n) is 13.1. The van der Waals surface area contributed by atoms with Gasteiger partial charge in [-0.3, -0.25) is 0 Å². The standard InChI is InChI=1S/C27H36N8/c1-4-5-11-25-28-26(19(2)3)31-34(25)18-20-12-14-22(15-13-20)35-23(21-9-7-6-8-10-21)16-17-24(35)27-29-32-33-30-27/h12-17,19,21H,4-11,18H2,1-3H3,(H,29,30,32,33). The molecule has 3 heterocycles. The van der Waals surface area contributed by atoms with E-state index in [-0.39, 0.29) is 0 Å². The number of aromatic amines is 1. The SMILES string of the molecule is CCCCc1nc(C(C)C)nn1Cc1ccc(-n2c(-c3nn[nH]n3)ccc2C2CCCCC2)cc1. The molecule has 1 saturated carbocycles. The van der Waals surface area contributed by atoms with E-state index in [4.69, 9.17) is 10.1 Å². The van der Waals surface area contributed by atoms with Crippen LogP contribution < -0.4 is 0 Å². The van der Waals surface area contributed by atoms with Crippen LogP contribution in [0.5, 0.6) is 0 Å². The molecule has 1 aromatic carbocycles. The number of tetrazole rings is 1. The van der Waals surface area contributed by atoms with E-state index in [2.05, 4.69) is 87.0 Å². The monoisotopic (exact) mass is 472 g/mol. The van der Waals surface area contributed by atoms with Crippen molar-refractivity contribution >= 4 is 0 Å². The molecule has 1 aliphatic rings. The zero-order chi connectivity index (χ0) is 24.2. The number of hydrogen-bond donors (Lipinski definition) is 1. The quantitative estimate of drug-likeness (QED) is 0.332. The van der Waals surface area contributed by atoms with Crippen molar-refractivity contribution < 1.29 is 0 Å². The number of hydrogen-bond acceptors (Lipinski definition) is 5. The summed E-state index contributed by atoms with van der Waals surface area (Å²) in [5.74, 6) is 3.54. The average Bonchev–Trinajstić information content (AvgIpc) is 3.63. The minimum atomic E-state index is 0.328. The Bertz CT molecular complexity index is 1210. The summed E-state index contributed by atoms with van der Waals surface area (Å²) in [5.41, 5.74) is 4.68. The Kier molecular flexibility index (Phi) is 7.06. The summed E-state index contributed by atoms with van der Waals surface area (Å²) in [6.45, 7) is 7.26. The highest BCUT2D eigenvalue weighted by molar-refractivity contribution is 5.57. The number of H-pyrrole nitrogens is 1. The Hall–Kier alpha value is -3.29. The van der Waals surface area contributed by atoms with E-state index in [1.165, 1.54) is 43.4 Å². The Morgan fingerprint density at radius 2 is 1.83 bits per heavy atom. The summed E-state index contributed by atoms with van der Waals surface area (Å²) < 4.78 is 4.41. The molecule has 0 bridgehead atoms. The van der Waals surface area contributed by atoms with Crippen molar-refractivity contribution in [3.63, 3.8) is 0 Å². The van der Waals surface area contributed by atoms with Gasteiger partial charge in [0.05, 0.1) is 12.2 Å². The summed E-state index contributed by atoms with van der Waals surface area (Å²) >= 11 is 0. The minimum absolute atomic E-state index is 0.328. The third kappa shape index (κ3) is 5.06. The highest BCUT2D eigenvalue weighted by Crippen LogP contribution is 2.37. The van der Waals surface area contributed by atoms with Crippen LogP contribution in [-0.4, -0.2) is 40.0 Å². The van der Waals surface area contributed by atoms with Crippen molar-refractivity contribution in [1.82, 2.24) is 40.0 Å². The average molecular weight is 473 g/mol. The van der Waals surface area contributed by atoms with Crippen LogP contribution in [0.15, 0.2) is 36.4 Å². The van der Waals surface area contributed by atoms with Gasteiger partial charge < -0.3 is 4.57 Å². The predicted molar refractivity (Wildman–Crippen MR) is 137 cm³/mol. The predicted octanol–water partition coefficient (Wildman–Crippen LogP) is 5.81. The maximum absolute atomic E-state index is 4.83. The fraction of sp³-hybridized carbons (Fsp3) is 0.519. The Labute approximate surface area is 207 Å². The zero-order valence-corrected chi connectivity index (χ0v) is 21.1. The van der Waals surface area contributed by atoms with E-state index in [9.17, 15) is 0 Å². The van der Waals surface area contributed by atoms with Gasteiger partial charge in [-0.05, 0) is 60.2 Å². The summed E-state index contributed by atoms with van der Waals surface area (Å²) in [7, 11) is 0. The number of nitrogens with one attached hydrogen (secondary N) is 1. The first-order valence-corrected chi connectivity index (χ1v) is 13.1. The van der Waals surface area contributed by atoms with Crippen molar-refractivity contribution in [2.75, 3.05) is 0 Å². The molecule has 0 radical (unpaired) electrons. The molecule has 0 amide bonds. The van der Waals surface area contributed by atoms with Gasteiger partial charge >= 0.3 is 0 Å². The molecular formula is C27H36N8. The van der Waals surface area contributed by atoms with Gasteiger partial charge in [-0.25, -0.2) is 9.67 Å². The molecule has 0 spiro atoms. The number of nitrogens with zero attached hydrogens (tertiary/aromatic N) is 7. The second-order valence-corrected chi connectivity index (χ2v) is 10.0. The molecule has 0 aliphatic heterocycles. The molecule has 1 aliphatic carbocycles. The van der Waals surface area contributed by atoms with Gasteiger partial charge in [0.25, 0.3) is 0 Å². The minimum Gasteiger partial charge on any atom is -0.310 e. The van der Waals surface area contributed by atoms with Crippen molar-refractivity contribution in [2.45, 2.75) is 90.5 Å². The van der Waals surface area contributed by atoms with E-state index in [0.717, 1.165) is 48.8 Å². The fourth-order valence-electron chi connectivity index (χ4n) is 5.11. The number of aryl methyl sites for hydroxylation is 1. The third-order valence-electron chi connectivity index (χ3n) is 7.07. The van der Waals surface area contributed by atoms with Crippen LogP contribution in [0.2, 0.25) is 0 Å².